The summed E-state index contributed by atoms with van der Waals surface area (Å²) >= 11 is 0. The Morgan fingerprint density at radius 3 is 2.47 bits per heavy atom. The molecule has 0 aliphatic heterocycles. The molecule has 106 valence electrons. The van der Waals surface area contributed by atoms with E-state index < -0.39 is 11.7 Å². The van der Waals surface area contributed by atoms with Gasteiger partial charge in [-0.25, -0.2) is 10.3 Å². The van der Waals surface area contributed by atoms with Crippen LogP contribution in [0, 0.1) is 13.8 Å². The molecule has 0 aliphatic rings. The second kappa shape index (κ2) is 6.04. The van der Waals surface area contributed by atoms with Crippen LogP contribution in [0.15, 0.2) is 12.1 Å². The monoisotopic (exact) mass is 266 g/mol. The summed E-state index contributed by atoms with van der Waals surface area (Å²) in [5.74, 6) is 0. The molecule has 1 aromatic carbocycles. The molecule has 0 heterocycles. The first-order valence-corrected chi connectivity index (χ1v) is 6.20. The van der Waals surface area contributed by atoms with Crippen molar-refractivity contribution in [1.29, 1.82) is 0 Å². The number of hydrogen-bond acceptors (Lipinski definition) is 4. The Labute approximate surface area is 113 Å². The summed E-state index contributed by atoms with van der Waals surface area (Å²) in [5, 5.41) is 11.5. The summed E-state index contributed by atoms with van der Waals surface area (Å²) < 4.78 is 5.22. The molecule has 0 spiro atoms. The minimum atomic E-state index is -0.530. The van der Waals surface area contributed by atoms with Crippen molar-refractivity contribution in [2.24, 2.45) is 0 Å². The van der Waals surface area contributed by atoms with Crippen LogP contribution in [0.5, 0.6) is 0 Å². The Kier molecular flexibility index (Phi) is 4.91. The summed E-state index contributed by atoms with van der Waals surface area (Å²) in [6, 6.07) is 3.77. The average Bonchev–Trinajstić information content (AvgIpc) is 2.23. The third kappa shape index (κ3) is 4.89. The lowest BCUT2D eigenvalue weighted by Crippen LogP contribution is -2.27. The van der Waals surface area contributed by atoms with E-state index in [0.29, 0.717) is 12.2 Å². The van der Waals surface area contributed by atoms with E-state index in [4.69, 9.17) is 9.94 Å². The summed E-state index contributed by atoms with van der Waals surface area (Å²) in [4.78, 5) is 11.8. The normalized spacial score (nSPS) is 11.3. The number of ether oxygens (including phenoxy) is 1. The van der Waals surface area contributed by atoms with E-state index in [1.165, 1.54) is 0 Å². The van der Waals surface area contributed by atoms with E-state index in [0.717, 1.165) is 16.7 Å². The third-order valence-corrected chi connectivity index (χ3v) is 2.65. The lowest BCUT2D eigenvalue weighted by atomic mass is 10.0. The molecule has 19 heavy (non-hydrogen) atoms. The molecule has 1 rings (SSSR count). The second-order valence-corrected chi connectivity index (χ2v) is 5.55. The summed E-state index contributed by atoms with van der Waals surface area (Å²) in [6.45, 7) is 9.66. The van der Waals surface area contributed by atoms with Crippen LogP contribution in [0.1, 0.15) is 37.5 Å². The molecule has 1 amide bonds. The molecular formula is C14H22N2O3. The Morgan fingerprint density at radius 1 is 1.32 bits per heavy atom. The van der Waals surface area contributed by atoms with E-state index in [-0.39, 0.29) is 0 Å². The number of carbonyl (C=O) groups excluding carboxylic acids is 1. The Bertz CT molecular complexity index is 464. The van der Waals surface area contributed by atoms with Crippen LogP contribution >= 0.6 is 0 Å². The zero-order valence-corrected chi connectivity index (χ0v) is 12.1. The molecule has 0 unspecified atom stereocenters. The van der Waals surface area contributed by atoms with Gasteiger partial charge in [-0.15, -0.1) is 0 Å². The van der Waals surface area contributed by atoms with Gasteiger partial charge in [0.2, 0.25) is 0 Å². The SMILES string of the molecule is Cc1cc(CNO)cc(NC(=O)OC(C)(C)C)c1C. The van der Waals surface area contributed by atoms with Gasteiger partial charge in [-0.1, -0.05) is 6.07 Å². The smallest absolute Gasteiger partial charge is 0.412 e. The van der Waals surface area contributed by atoms with Gasteiger partial charge >= 0.3 is 6.09 Å². The summed E-state index contributed by atoms with van der Waals surface area (Å²) in [7, 11) is 0. The zero-order chi connectivity index (χ0) is 14.6. The summed E-state index contributed by atoms with van der Waals surface area (Å²) in [5.41, 5.74) is 5.17. The van der Waals surface area contributed by atoms with Crippen LogP contribution in [-0.4, -0.2) is 16.9 Å². The summed E-state index contributed by atoms with van der Waals surface area (Å²) in [6.07, 6.45) is -0.482. The predicted molar refractivity (Wildman–Crippen MR) is 74.4 cm³/mol. The van der Waals surface area contributed by atoms with Gasteiger partial charge in [-0.2, -0.15) is 0 Å². The highest BCUT2D eigenvalue weighted by Crippen LogP contribution is 2.22. The maximum atomic E-state index is 11.8. The van der Waals surface area contributed by atoms with E-state index >= 15 is 0 Å². The van der Waals surface area contributed by atoms with Crippen molar-refractivity contribution in [3.05, 3.63) is 28.8 Å². The fourth-order valence-corrected chi connectivity index (χ4v) is 1.67. The maximum absolute atomic E-state index is 11.8. The van der Waals surface area contributed by atoms with Gasteiger partial charge in [0.05, 0.1) is 0 Å². The molecule has 5 nitrogen and oxygen atoms in total. The number of aryl methyl sites for hydroxylation is 1. The van der Waals surface area contributed by atoms with Crippen LogP contribution in [0.3, 0.4) is 0 Å². The van der Waals surface area contributed by atoms with E-state index in [2.05, 4.69) is 10.8 Å². The highest BCUT2D eigenvalue weighted by Gasteiger charge is 2.17. The number of rotatable bonds is 3. The zero-order valence-electron chi connectivity index (χ0n) is 12.1. The fraction of sp³-hybridized carbons (Fsp3) is 0.500. The van der Waals surface area contributed by atoms with Gasteiger partial charge in [0.25, 0.3) is 0 Å². The molecule has 0 saturated carbocycles. The molecule has 0 saturated heterocycles. The molecule has 0 aliphatic carbocycles. The molecular weight excluding hydrogens is 244 g/mol. The van der Waals surface area contributed by atoms with Gasteiger partial charge in [-0.05, 0) is 57.4 Å². The van der Waals surface area contributed by atoms with Gasteiger partial charge in [-0.3, -0.25) is 5.32 Å². The van der Waals surface area contributed by atoms with Crippen LogP contribution < -0.4 is 10.8 Å². The van der Waals surface area contributed by atoms with Gasteiger partial charge in [0.15, 0.2) is 0 Å². The number of hydroxylamine groups is 1. The Balaban J connectivity index is 2.90. The molecule has 3 N–H and O–H groups in total. The van der Waals surface area contributed by atoms with E-state index in [1.54, 1.807) is 0 Å². The minimum Gasteiger partial charge on any atom is -0.444 e. The Morgan fingerprint density at radius 2 is 1.95 bits per heavy atom. The third-order valence-electron chi connectivity index (χ3n) is 2.65. The molecule has 0 fully saturated rings. The van der Waals surface area contributed by atoms with Crippen LogP contribution in [-0.2, 0) is 11.3 Å². The first-order chi connectivity index (χ1) is 8.73. The maximum Gasteiger partial charge on any atom is 0.412 e. The molecule has 0 bridgehead atoms. The second-order valence-electron chi connectivity index (χ2n) is 5.55. The van der Waals surface area contributed by atoms with Crippen molar-refractivity contribution in [2.45, 2.75) is 46.8 Å². The van der Waals surface area contributed by atoms with Crippen LogP contribution in [0.2, 0.25) is 0 Å². The van der Waals surface area contributed by atoms with Crippen molar-refractivity contribution in [3.8, 4) is 0 Å². The van der Waals surface area contributed by atoms with Gasteiger partial charge < -0.3 is 9.94 Å². The molecule has 0 aromatic heterocycles. The van der Waals surface area contributed by atoms with Crippen molar-refractivity contribution < 1.29 is 14.7 Å². The molecule has 0 radical (unpaired) electrons. The standard InChI is InChI=1S/C14H22N2O3/c1-9-6-11(8-15-18)7-12(10(9)2)16-13(17)19-14(3,4)5/h6-7,15,18H,8H2,1-5H3,(H,16,17). The number of benzene rings is 1. The predicted octanol–water partition coefficient (Wildman–Crippen LogP) is 3.13. The lowest BCUT2D eigenvalue weighted by molar-refractivity contribution is 0.0636. The fourth-order valence-electron chi connectivity index (χ4n) is 1.67. The topological polar surface area (TPSA) is 70.6 Å². The van der Waals surface area contributed by atoms with Crippen LogP contribution in [0.4, 0.5) is 10.5 Å². The number of hydrogen-bond donors (Lipinski definition) is 3. The highest BCUT2D eigenvalue weighted by atomic mass is 16.6. The Hall–Kier alpha value is -1.59. The number of anilines is 1. The van der Waals surface area contributed by atoms with E-state index in [1.807, 2.05) is 46.8 Å². The lowest BCUT2D eigenvalue weighted by Gasteiger charge is -2.20. The van der Waals surface area contributed by atoms with Crippen molar-refractivity contribution in [3.63, 3.8) is 0 Å². The number of nitrogens with one attached hydrogen (secondary N) is 2. The van der Waals surface area contributed by atoms with Crippen molar-refractivity contribution in [2.75, 3.05) is 5.32 Å². The average molecular weight is 266 g/mol. The number of amides is 1. The van der Waals surface area contributed by atoms with Crippen molar-refractivity contribution in [1.82, 2.24) is 5.48 Å². The highest BCUT2D eigenvalue weighted by molar-refractivity contribution is 5.86. The largest absolute Gasteiger partial charge is 0.444 e. The van der Waals surface area contributed by atoms with Gasteiger partial charge in [0, 0.05) is 12.2 Å². The molecule has 0 atom stereocenters. The first-order valence-electron chi connectivity index (χ1n) is 6.20. The van der Waals surface area contributed by atoms with Crippen molar-refractivity contribution >= 4 is 11.8 Å². The minimum absolute atomic E-state index is 0.324. The molecule has 5 heteroatoms. The molecule has 1 aromatic rings. The quantitative estimate of drug-likeness (QED) is 0.735. The van der Waals surface area contributed by atoms with Gasteiger partial charge in [0.1, 0.15) is 5.60 Å². The number of carbonyl (C=O) groups is 1. The van der Waals surface area contributed by atoms with E-state index in [9.17, 15) is 4.79 Å². The van der Waals surface area contributed by atoms with Crippen LogP contribution in [0.25, 0.3) is 0 Å². The first kappa shape index (κ1) is 15.5.